The molecule has 0 radical (unpaired) electrons. The second kappa shape index (κ2) is 9.40. The van der Waals surface area contributed by atoms with Crippen molar-refractivity contribution in [2.75, 3.05) is 6.54 Å². The quantitative estimate of drug-likeness (QED) is 0.805. The summed E-state index contributed by atoms with van der Waals surface area (Å²) in [6.45, 7) is 5.53. The van der Waals surface area contributed by atoms with Gasteiger partial charge in [0.05, 0.1) is 6.04 Å². The van der Waals surface area contributed by atoms with Crippen LogP contribution >= 0.6 is 0 Å². The Hall–Kier alpha value is -2.56. The first-order chi connectivity index (χ1) is 13.2. The minimum Gasteiger partial charge on any atom is -0.489 e. The van der Waals surface area contributed by atoms with Crippen molar-refractivity contribution in [3.8, 4) is 5.75 Å². The molecule has 1 aromatic heterocycles. The lowest BCUT2D eigenvalue weighted by atomic mass is 10.0. The van der Waals surface area contributed by atoms with Crippen molar-refractivity contribution in [3.05, 3.63) is 59.9 Å². The predicted octanol–water partition coefficient (Wildman–Crippen LogP) is 4.70. The largest absolute Gasteiger partial charge is 0.489 e. The van der Waals surface area contributed by atoms with Gasteiger partial charge >= 0.3 is 6.03 Å². The lowest BCUT2D eigenvalue weighted by molar-refractivity contribution is 0.146. The molecule has 0 aliphatic carbocycles. The Morgan fingerprint density at radius 1 is 1.30 bits per heavy atom. The number of nitrogens with zero attached hydrogens (tertiary/aromatic N) is 2. The third kappa shape index (κ3) is 5.22. The van der Waals surface area contributed by atoms with E-state index in [0.29, 0.717) is 12.6 Å². The number of hydrogen-bond donors (Lipinski definition) is 1. The summed E-state index contributed by atoms with van der Waals surface area (Å²) in [4.78, 5) is 18.8. The number of hydrogen-bond acceptors (Lipinski definition) is 3. The minimum absolute atomic E-state index is 0.0377. The smallest absolute Gasteiger partial charge is 0.318 e. The van der Waals surface area contributed by atoms with Crippen LogP contribution in [0.5, 0.6) is 5.75 Å². The number of benzene rings is 1. The molecular formula is C22H29N3O2. The third-order valence-electron chi connectivity index (χ3n) is 5.21. The number of amides is 2. The lowest BCUT2D eigenvalue weighted by Crippen LogP contribution is -2.48. The van der Waals surface area contributed by atoms with E-state index in [2.05, 4.69) is 17.2 Å². The van der Waals surface area contributed by atoms with E-state index in [9.17, 15) is 4.79 Å². The zero-order valence-electron chi connectivity index (χ0n) is 16.2. The molecular weight excluding hydrogens is 338 g/mol. The predicted molar refractivity (Wildman–Crippen MR) is 107 cm³/mol. The summed E-state index contributed by atoms with van der Waals surface area (Å²) in [5, 5.41) is 3.15. The van der Waals surface area contributed by atoms with E-state index >= 15 is 0 Å². The van der Waals surface area contributed by atoms with Crippen LogP contribution in [-0.2, 0) is 6.61 Å². The summed E-state index contributed by atoms with van der Waals surface area (Å²) in [5.74, 6) is 0.809. The number of carbonyl (C=O) groups is 1. The van der Waals surface area contributed by atoms with Gasteiger partial charge in [0.1, 0.15) is 12.4 Å². The standard InChI is InChI=1S/C22H29N3O2/c1-3-20-8-4-5-14-25(20)22(26)24-17(2)19-9-11-21(12-10-19)27-16-18-7-6-13-23-15-18/h6-7,9-13,15,17,20H,3-5,8,14,16H2,1-2H3,(H,24,26). The summed E-state index contributed by atoms with van der Waals surface area (Å²) in [5.41, 5.74) is 2.11. The summed E-state index contributed by atoms with van der Waals surface area (Å²) in [7, 11) is 0. The van der Waals surface area contributed by atoms with Gasteiger partial charge in [0.25, 0.3) is 0 Å². The highest BCUT2D eigenvalue weighted by Crippen LogP contribution is 2.22. The maximum absolute atomic E-state index is 12.7. The van der Waals surface area contributed by atoms with Crippen LogP contribution in [0.15, 0.2) is 48.8 Å². The molecule has 0 bridgehead atoms. The number of pyridine rings is 1. The molecule has 1 saturated heterocycles. The average molecular weight is 367 g/mol. The Kier molecular flexibility index (Phi) is 6.69. The molecule has 0 saturated carbocycles. The van der Waals surface area contributed by atoms with Crippen LogP contribution in [0, 0.1) is 0 Å². The van der Waals surface area contributed by atoms with Crippen molar-refractivity contribution in [2.24, 2.45) is 0 Å². The number of urea groups is 1. The van der Waals surface area contributed by atoms with Crippen molar-refractivity contribution >= 4 is 6.03 Å². The van der Waals surface area contributed by atoms with Crippen molar-refractivity contribution in [1.82, 2.24) is 15.2 Å². The maximum Gasteiger partial charge on any atom is 0.318 e. The van der Waals surface area contributed by atoms with E-state index in [1.807, 2.05) is 48.2 Å². The molecule has 144 valence electrons. The van der Waals surface area contributed by atoms with E-state index in [-0.39, 0.29) is 12.1 Å². The molecule has 1 aromatic carbocycles. The monoisotopic (exact) mass is 367 g/mol. The van der Waals surface area contributed by atoms with Gasteiger partial charge in [-0.15, -0.1) is 0 Å². The molecule has 1 fully saturated rings. The minimum atomic E-state index is -0.0377. The molecule has 2 amide bonds. The fourth-order valence-electron chi connectivity index (χ4n) is 3.55. The summed E-state index contributed by atoms with van der Waals surface area (Å²) >= 11 is 0. The van der Waals surface area contributed by atoms with E-state index < -0.39 is 0 Å². The maximum atomic E-state index is 12.7. The number of rotatable bonds is 6. The van der Waals surface area contributed by atoms with Gasteiger partial charge < -0.3 is 15.0 Å². The van der Waals surface area contributed by atoms with Gasteiger partial charge in [-0.1, -0.05) is 25.1 Å². The van der Waals surface area contributed by atoms with Crippen molar-refractivity contribution in [2.45, 2.75) is 58.2 Å². The van der Waals surface area contributed by atoms with Crippen molar-refractivity contribution in [1.29, 1.82) is 0 Å². The molecule has 5 heteroatoms. The number of carbonyl (C=O) groups excluding carboxylic acids is 1. The zero-order valence-corrected chi connectivity index (χ0v) is 16.2. The van der Waals surface area contributed by atoms with Gasteiger partial charge in [-0.3, -0.25) is 4.98 Å². The van der Waals surface area contributed by atoms with Crippen LogP contribution in [0.4, 0.5) is 4.79 Å². The first-order valence-electron chi connectivity index (χ1n) is 9.86. The van der Waals surface area contributed by atoms with Gasteiger partial charge in [0.15, 0.2) is 0 Å². The first-order valence-corrected chi connectivity index (χ1v) is 9.86. The summed E-state index contributed by atoms with van der Waals surface area (Å²) < 4.78 is 5.80. The van der Waals surface area contributed by atoms with E-state index in [0.717, 1.165) is 42.7 Å². The molecule has 1 aliphatic heterocycles. The number of aromatic nitrogens is 1. The lowest BCUT2D eigenvalue weighted by Gasteiger charge is -2.36. The second-order valence-electron chi connectivity index (χ2n) is 7.14. The Morgan fingerprint density at radius 2 is 2.11 bits per heavy atom. The molecule has 0 spiro atoms. The van der Waals surface area contributed by atoms with Crippen LogP contribution in [0.25, 0.3) is 0 Å². The van der Waals surface area contributed by atoms with Gasteiger partial charge in [-0.25, -0.2) is 4.79 Å². The zero-order chi connectivity index (χ0) is 19.1. The van der Waals surface area contributed by atoms with Gasteiger partial charge in [0.2, 0.25) is 0 Å². The average Bonchev–Trinajstić information content (AvgIpc) is 2.73. The van der Waals surface area contributed by atoms with Crippen molar-refractivity contribution in [3.63, 3.8) is 0 Å². The molecule has 2 atom stereocenters. The summed E-state index contributed by atoms with van der Waals surface area (Å²) in [6.07, 6.45) is 8.00. The molecule has 2 unspecified atom stereocenters. The van der Waals surface area contributed by atoms with Crippen LogP contribution in [0.3, 0.4) is 0 Å². The third-order valence-corrected chi connectivity index (χ3v) is 5.21. The molecule has 2 heterocycles. The summed E-state index contributed by atoms with van der Waals surface area (Å²) in [6, 6.07) is 12.2. The Labute approximate surface area is 161 Å². The van der Waals surface area contributed by atoms with Gasteiger partial charge in [-0.05, 0) is 56.4 Å². The van der Waals surface area contributed by atoms with E-state index in [1.165, 1.54) is 6.42 Å². The highest BCUT2D eigenvalue weighted by molar-refractivity contribution is 5.75. The Morgan fingerprint density at radius 3 is 2.81 bits per heavy atom. The normalized spacial score (nSPS) is 18.0. The topological polar surface area (TPSA) is 54.5 Å². The SMILES string of the molecule is CCC1CCCCN1C(=O)NC(C)c1ccc(OCc2cccnc2)cc1. The number of likely N-dealkylation sites (tertiary alicyclic amines) is 1. The van der Waals surface area contributed by atoms with Gasteiger partial charge in [-0.2, -0.15) is 0 Å². The Bertz CT molecular complexity index is 718. The molecule has 2 aromatic rings. The molecule has 27 heavy (non-hydrogen) atoms. The van der Waals surface area contributed by atoms with E-state index in [1.54, 1.807) is 12.4 Å². The Balaban J connectivity index is 1.53. The molecule has 5 nitrogen and oxygen atoms in total. The highest BCUT2D eigenvalue weighted by Gasteiger charge is 2.26. The molecule has 3 rings (SSSR count). The molecule has 1 aliphatic rings. The highest BCUT2D eigenvalue weighted by atomic mass is 16.5. The van der Waals surface area contributed by atoms with Crippen LogP contribution in [-0.4, -0.2) is 28.5 Å². The van der Waals surface area contributed by atoms with Gasteiger partial charge in [0, 0.05) is 30.5 Å². The second-order valence-corrected chi connectivity index (χ2v) is 7.14. The fourth-order valence-corrected chi connectivity index (χ4v) is 3.55. The van der Waals surface area contributed by atoms with Crippen molar-refractivity contribution < 1.29 is 9.53 Å². The van der Waals surface area contributed by atoms with Crippen LogP contribution in [0.1, 0.15) is 56.7 Å². The fraction of sp³-hybridized carbons (Fsp3) is 0.455. The van der Waals surface area contributed by atoms with Crippen LogP contribution in [0.2, 0.25) is 0 Å². The molecule has 1 N–H and O–H groups in total. The number of nitrogens with one attached hydrogen (secondary N) is 1. The first kappa shape index (κ1) is 19.2. The number of ether oxygens (including phenoxy) is 1. The van der Waals surface area contributed by atoms with E-state index in [4.69, 9.17) is 4.74 Å². The number of piperidine rings is 1. The van der Waals surface area contributed by atoms with Crippen LogP contribution < -0.4 is 10.1 Å².